The molecule has 0 spiro atoms. The van der Waals surface area contributed by atoms with Gasteiger partial charge in [-0.3, -0.25) is 9.59 Å². The predicted octanol–water partition coefficient (Wildman–Crippen LogP) is 2.40. The third kappa shape index (κ3) is 3.31. The maximum Gasteiger partial charge on any atom is 0.343 e. The molecule has 2 aliphatic carbocycles. The zero-order chi connectivity index (χ0) is 27.4. The Kier molecular flexibility index (Phi) is 5.13. The first-order chi connectivity index (χ1) is 18.6. The third-order valence-electron chi connectivity index (χ3n) is 9.03. The molecule has 3 aromatic rings. The van der Waals surface area contributed by atoms with Crippen molar-refractivity contribution >= 4 is 22.8 Å². The van der Waals surface area contributed by atoms with E-state index in [0.717, 1.165) is 34.9 Å². The van der Waals surface area contributed by atoms with Gasteiger partial charge in [-0.25, -0.2) is 14.2 Å². The monoisotopic (exact) mass is 533 g/mol. The molecule has 2 aromatic heterocycles. The summed E-state index contributed by atoms with van der Waals surface area (Å²) in [4.78, 5) is 44.0. The van der Waals surface area contributed by atoms with Crippen LogP contribution in [0.25, 0.3) is 22.3 Å². The van der Waals surface area contributed by atoms with Crippen molar-refractivity contribution in [1.82, 2.24) is 14.9 Å². The average molecular weight is 534 g/mol. The number of pyridine rings is 2. The summed E-state index contributed by atoms with van der Waals surface area (Å²) in [7, 11) is 0. The molecule has 9 nitrogen and oxygen atoms in total. The number of hydrogen-bond acceptors (Lipinski definition) is 7. The molecule has 1 aromatic carbocycles. The van der Waals surface area contributed by atoms with Gasteiger partial charge in [0.15, 0.2) is 5.60 Å². The average Bonchev–Trinajstić information content (AvgIpc) is 3.71. The quantitative estimate of drug-likeness (QED) is 0.344. The second-order valence-electron chi connectivity index (χ2n) is 11.2. The van der Waals surface area contributed by atoms with Gasteiger partial charge < -0.3 is 24.8 Å². The number of fused-ring (bicyclic) bond motifs is 5. The fourth-order valence-electron chi connectivity index (χ4n) is 6.58. The largest absolute Gasteiger partial charge is 0.458 e. The Morgan fingerprint density at radius 3 is 2.74 bits per heavy atom. The zero-order valence-corrected chi connectivity index (χ0v) is 21.6. The van der Waals surface area contributed by atoms with Crippen LogP contribution in [0.2, 0.25) is 0 Å². The summed E-state index contributed by atoms with van der Waals surface area (Å²) in [6.45, 7) is 3.30. The Morgan fingerprint density at radius 2 is 2.03 bits per heavy atom. The van der Waals surface area contributed by atoms with Crippen LogP contribution >= 0.6 is 0 Å². The lowest BCUT2D eigenvalue weighted by atomic mass is 9.81. The second-order valence-corrected chi connectivity index (χ2v) is 11.2. The van der Waals surface area contributed by atoms with Crippen LogP contribution in [0.3, 0.4) is 0 Å². The van der Waals surface area contributed by atoms with Crippen molar-refractivity contribution in [3.8, 4) is 11.4 Å². The summed E-state index contributed by atoms with van der Waals surface area (Å²) in [5.41, 5.74) is 2.21. The van der Waals surface area contributed by atoms with Gasteiger partial charge in [0.05, 0.1) is 35.1 Å². The molecule has 4 aliphatic rings. The number of halogens is 1. The lowest BCUT2D eigenvalue weighted by Crippen LogP contribution is -2.44. The molecule has 10 heteroatoms. The molecule has 202 valence electrons. The van der Waals surface area contributed by atoms with E-state index in [0.29, 0.717) is 35.3 Å². The van der Waals surface area contributed by atoms with Gasteiger partial charge in [0.2, 0.25) is 5.91 Å². The molecule has 1 unspecified atom stereocenters. The Morgan fingerprint density at radius 1 is 1.26 bits per heavy atom. The van der Waals surface area contributed by atoms with Crippen molar-refractivity contribution in [3.63, 3.8) is 0 Å². The van der Waals surface area contributed by atoms with Gasteiger partial charge in [0.25, 0.3) is 5.56 Å². The van der Waals surface area contributed by atoms with Gasteiger partial charge in [-0.05, 0) is 67.7 Å². The minimum Gasteiger partial charge on any atom is -0.458 e. The smallest absolute Gasteiger partial charge is 0.343 e. The Balaban J connectivity index is 1.46. The highest BCUT2D eigenvalue weighted by Crippen LogP contribution is 2.46. The van der Waals surface area contributed by atoms with Gasteiger partial charge in [-0.1, -0.05) is 6.92 Å². The summed E-state index contributed by atoms with van der Waals surface area (Å²) < 4.78 is 21.7. The van der Waals surface area contributed by atoms with Crippen LogP contribution in [-0.4, -0.2) is 37.7 Å². The van der Waals surface area contributed by atoms with E-state index in [9.17, 15) is 24.6 Å². The number of aliphatic hydroxyl groups is 2. The summed E-state index contributed by atoms with van der Waals surface area (Å²) in [5.74, 6) is -1.65. The Labute approximate surface area is 222 Å². The number of cyclic esters (lactones) is 1. The summed E-state index contributed by atoms with van der Waals surface area (Å²) >= 11 is 0. The molecular formula is C29H28FN3O6. The molecule has 1 amide bonds. The van der Waals surface area contributed by atoms with Crippen molar-refractivity contribution in [1.29, 1.82) is 0 Å². The summed E-state index contributed by atoms with van der Waals surface area (Å²) in [5, 5.41) is 25.4. The van der Waals surface area contributed by atoms with Gasteiger partial charge >= 0.3 is 5.97 Å². The predicted molar refractivity (Wildman–Crippen MR) is 137 cm³/mol. The molecule has 0 radical (unpaired) electrons. The molecule has 39 heavy (non-hydrogen) atoms. The minimum absolute atomic E-state index is 0.0241. The van der Waals surface area contributed by atoms with Crippen LogP contribution < -0.4 is 10.9 Å². The Hall–Kier alpha value is -3.63. The molecule has 2 aliphatic heterocycles. The van der Waals surface area contributed by atoms with Gasteiger partial charge in [0, 0.05) is 22.6 Å². The highest BCUT2D eigenvalue weighted by atomic mass is 19.1. The minimum atomic E-state index is -1.96. The molecule has 4 heterocycles. The molecule has 1 fully saturated rings. The Bertz CT molecular complexity index is 1690. The fraction of sp³-hybridized carbons (Fsp3) is 0.448. The first-order valence-corrected chi connectivity index (χ1v) is 13.4. The first-order valence-electron chi connectivity index (χ1n) is 13.4. The molecule has 1 saturated carbocycles. The number of carbonyl (C=O) groups is 2. The fourth-order valence-corrected chi connectivity index (χ4v) is 6.58. The van der Waals surface area contributed by atoms with Crippen LogP contribution in [-0.2, 0) is 39.5 Å². The maximum absolute atomic E-state index is 15.0. The molecule has 0 saturated heterocycles. The number of aryl methyl sites for hydroxylation is 1. The van der Waals surface area contributed by atoms with E-state index in [2.05, 4.69) is 5.32 Å². The number of aliphatic hydroxyl groups excluding tert-OH is 1. The van der Waals surface area contributed by atoms with Crippen molar-refractivity contribution in [2.75, 3.05) is 0 Å². The number of nitrogens with zero attached hydrogens (tertiary/aromatic N) is 2. The number of amides is 1. The van der Waals surface area contributed by atoms with Crippen molar-refractivity contribution < 1.29 is 28.9 Å². The first kappa shape index (κ1) is 24.4. The third-order valence-corrected chi connectivity index (χ3v) is 9.03. The summed E-state index contributed by atoms with van der Waals surface area (Å²) in [6, 6.07) is 2.54. The number of hydrogen-bond donors (Lipinski definition) is 3. The topological polar surface area (TPSA) is 131 Å². The number of rotatable bonds is 4. The number of aromatic nitrogens is 2. The van der Waals surface area contributed by atoms with E-state index >= 15 is 4.39 Å². The van der Waals surface area contributed by atoms with E-state index in [-0.39, 0.29) is 48.0 Å². The second kappa shape index (κ2) is 8.19. The number of carbonyl (C=O) groups excluding carboxylic acids is 2. The van der Waals surface area contributed by atoms with E-state index in [1.165, 1.54) is 10.6 Å². The van der Waals surface area contributed by atoms with E-state index in [1.807, 2.05) is 0 Å². The number of esters is 1. The number of benzene rings is 1. The van der Waals surface area contributed by atoms with Crippen LogP contribution in [0.4, 0.5) is 4.39 Å². The van der Waals surface area contributed by atoms with Crippen LogP contribution in [0.15, 0.2) is 16.9 Å². The zero-order valence-electron chi connectivity index (χ0n) is 21.6. The number of nitrogens with one attached hydrogen (secondary N) is 1. The lowest BCUT2D eigenvalue weighted by Gasteiger charge is -2.31. The molecular weight excluding hydrogens is 505 g/mol. The summed E-state index contributed by atoms with van der Waals surface area (Å²) in [6.07, 6.45) is 1.61. The molecule has 7 rings (SSSR count). The van der Waals surface area contributed by atoms with Gasteiger partial charge in [-0.15, -0.1) is 0 Å². The molecule has 3 atom stereocenters. The highest BCUT2D eigenvalue weighted by molar-refractivity contribution is 5.94. The molecule has 0 bridgehead atoms. The molecule has 3 N–H and O–H groups in total. The standard InChI is InChI=1S/C29H28FN3O6/c1-3-29(38)17-8-21-24-15(10-33(21)27(36)16(17)11-39-28(29)37)23-19(32-26(35)25(34)13-4-5-13)7-6-14-12(2)18(30)9-20(31-24)22(14)23/h8-9,13,19,25,34,38H,3-7,10-11H2,1-2H3,(H,32,35)/t19-,25?,29+/m1/s1. The highest BCUT2D eigenvalue weighted by Gasteiger charge is 2.46. The SMILES string of the molecule is CC[C@@]1(O)C(=O)OCc2c1cc1n(c2=O)Cc2c-1nc1cc(F)c(C)c3c1c2[C@H](NC(=O)C(O)C1CC1)CC3. The van der Waals surface area contributed by atoms with Crippen LogP contribution in [0.1, 0.15) is 72.0 Å². The lowest BCUT2D eigenvalue weighted by molar-refractivity contribution is -0.172. The van der Waals surface area contributed by atoms with Crippen molar-refractivity contribution in [2.24, 2.45) is 5.92 Å². The normalized spacial score (nSPS) is 23.6. The van der Waals surface area contributed by atoms with Crippen molar-refractivity contribution in [3.05, 3.63) is 61.7 Å². The van der Waals surface area contributed by atoms with Gasteiger partial charge in [-0.2, -0.15) is 0 Å². The van der Waals surface area contributed by atoms with Gasteiger partial charge in [0.1, 0.15) is 18.5 Å². The van der Waals surface area contributed by atoms with Crippen LogP contribution in [0.5, 0.6) is 0 Å². The maximum atomic E-state index is 15.0. The number of ether oxygens (including phenoxy) is 1. The van der Waals surface area contributed by atoms with Crippen molar-refractivity contribution in [2.45, 2.75) is 76.9 Å². The van der Waals surface area contributed by atoms with E-state index in [4.69, 9.17) is 9.72 Å². The van der Waals surface area contributed by atoms with Crippen LogP contribution in [0, 0.1) is 18.7 Å². The van der Waals surface area contributed by atoms with E-state index in [1.54, 1.807) is 19.9 Å². The van der Waals surface area contributed by atoms with E-state index < -0.39 is 29.6 Å².